The van der Waals surface area contributed by atoms with E-state index < -0.39 is 0 Å². The third-order valence-electron chi connectivity index (χ3n) is 3.66. The molecule has 2 heterocycles. The van der Waals surface area contributed by atoms with Crippen LogP contribution in [0, 0.1) is 0 Å². The van der Waals surface area contributed by atoms with Crippen molar-refractivity contribution in [1.29, 1.82) is 0 Å². The number of benzene rings is 1. The van der Waals surface area contributed by atoms with Gasteiger partial charge in [-0.2, -0.15) is 0 Å². The number of carbonyl (C=O) groups excluding carboxylic acids is 1. The summed E-state index contributed by atoms with van der Waals surface area (Å²) < 4.78 is 2.21. The number of anilines is 1. The van der Waals surface area contributed by atoms with Crippen LogP contribution >= 0.6 is 11.3 Å². The summed E-state index contributed by atoms with van der Waals surface area (Å²) in [4.78, 5) is 17.8. The van der Waals surface area contributed by atoms with Crippen molar-refractivity contribution in [2.75, 3.05) is 5.32 Å². The quantitative estimate of drug-likeness (QED) is 0.777. The molecular weight excluding hydrogens is 294 g/mol. The molecular formula is C17H19N3OS. The van der Waals surface area contributed by atoms with Crippen molar-refractivity contribution in [1.82, 2.24) is 9.55 Å². The molecule has 0 aliphatic heterocycles. The lowest BCUT2D eigenvalue weighted by atomic mass is 10.2. The van der Waals surface area contributed by atoms with E-state index in [0.717, 1.165) is 40.4 Å². The number of aryl methyl sites for hydroxylation is 2. The second kappa shape index (κ2) is 6.32. The molecule has 0 spiro atoms. The van der Waals surface area contributed by atoms with Crippen LogP contribution in [0.2, 0.25) is 0 Å². The number of amides is 1. The molecule has 4 nitrogen and oxygen atoms in total. The summed E-state index contributed by atoms with van der Waals surface area (Å²) in [6.07, 6.45) is 1.32. The van der Waals surface area contributed by atoms with Crippen LogP contribution in [0.4, 0.5) is 5.69 Å². The van der Waals surface area contributed by atoms with Gasteiger partial charge in [-0.3, -0.25) is 4.79 Å². The van der Waals surface area contributed by atoms with E-state index >= 15 is 0 Å². The topological polar surface area (TPSA) is 46.9 Å². The molecule has 5 heteroatoms. The second-order valence-electron chi connectivity index (χ2n) is 5.13. The third kappa shape index (κ3) is 2.90. The predicted octanol–water partition coefficient (Wildman–Crippen LogP) is 3.86. The van der Waals surface area contributed by atoms with E-state index in [-0.39, 0.29) is 5.91 Å². The number of hydrogen-bond acceptors (Lipinski definition) is 3. The molecule has 114 valence electrons. The molecule has 0 atom stereocenters. The maximum atomic E-state index is 12.1. The summed E-state index contributed by atoms with van der Waals surface area (Å²) in [5.41, 5.74) is 2.86. The van der Waals surface area contributed by atoms with Crippen LogP contribution in [0.15, 0.2) is 35.7 Å². The number of fused-ring (bicyclic) bond motifs is 1. The van der Waals surface area contributed by atoms with Crippen molar-refractivity contribution in [3.63, 3.8) is 0 Å². The molecule has 22 heavy (non-hydrogen) atoms. The number of nitrogens with one attached hydrogen (secondary N) is 1. The average Bonchev–Trinajstić information content (AvgIpc) is 3.13. The number of carbonyl (C=O) groups is 1. The molecule has 3 rings (SSSR count). The minimum atomic E-state index is 0.00689. The first-order valence-electron chi connectivity index (χ1n) is 7.52. The van der Waals surface area contributed by atoms with E-state index in [4.69, 9.17) is 0 Å². The van der Waals surface area contributed by atoms with Gasteiger partial charge in [-0.25, -0.2) is 4.98 Å². The number of rotatable bonds is 5. The molecule has 0 fully saturated rings. The van der Waals surface area contributed by atoms with Crippen LogP contribution in [-0.4, -0.2) is 15.5 Å². The van der Waals surface area contributed by atoms with Gasteiger partial charge in [0, 0.05) is 23.5 Å². The maximum absolute atomic E-state index is 12.1. The lowest BCUT2D eigenvalue weighted by molar-refractivity contribution is -0.115. The highest BCUT2D eigenvalue weighted by Gasteiger charge is 2.10. The first-order chi connectivity index (χ1) is 10.7. The predicted molar refractivity (Wildman–Crippen MR) is 91.4 cm³/mol. The number of nitrogens with zero attached hydrogens (tertiary/aromatic N) is 2. The first kappa shape index (κ1) is 14.8. The van der Waals surface area contributed by atoms with E-state index in [0.29, 0.717) is 6.42 Å². The molecule has 1 amide bonds. The summed E-state index contributed by atoms with van der Waals surface area (Å²) in [6.45, 7) is 5.14. The molecule has 1 aromatic carbocycles. The number of hydrogen-bond donors (Lipinski definition) is 1. The average molecular weight is 313 g/mol. The lowest BCUT2D eigenvalue weighted by Crippen LogP contribution is -2.13. The Balaban J connectivity index is 1.81. The first-order valence-corrected chi connectivity index (χ1v) is 8.40. The molecule has 0 unspecified atom stereocenters. The van der Waals surface area contributed by atoms with Gasteiger partial charge >= 0.3 is 0 Å². The molecule has 0 bridgehead atoms. The highest BCUT2D eigenvalue weighted by Crippen LogP contribution is 2.21. The van der Waals surface area contributed by atoms with Gasteiger partial charge in [0.1, 0.15) is 5.82 Å². The summed E-state index contributed by atoms with van der Waals surface area (Å²) in [7, 11) is 0. The van der Waals surface area contributed by atoms with Crippen molar-refractivity contribution in [2.24, 2.45) is 0 Å². The highest BCUT2D eigenvalue weighted by atomic mass is 32.1. The second-order valence-corrected chi connectivity index (χ2v) is 6.17. The Morgan fingerprint density at radius 1 is 1.32 bits per heavy atom. The van der Waals surface area contributed by atoms with E-state index in [1.165, 1.54) is 0 Å². The van der Waals surface area contributed by atoms with Crippen molar-refractivity contribution < 1.29 is 4.79 Å². The summed E-state index contributed by atoms with van der Waals surface area (Å²) in [5, 5.41) is 4.94. The summed E-state index contributed by atoms with van der Waals surface area (Å²) in [5.74, 6) is 1.09. The molecule has 3 aromatic rings. The summed E-state index contributed by atoms with van der Waals surface area (Å²) >= 11 is 1.60. The number of imidazole rings is 1. The summed E-state index contributed by atoms with van der Waals surface area (Å²) in [6, 6.07) is 9.87. The van der Waals surface area contributed by atoms with E-state index in [9.17, 15) is 4.79 Å². The highest BCUT2D eigenvalue weighted by molar-refractivity contribution is 7.10. The van der Waals surface area contributed by atoms with Crippen molar-refractivity contribution in [3.8, 4) is 0 Å². The Hall–Kier alpha value is -2.14. The molecule has 1 N–H and O–H groups in total. The Morgan fingerprint density at radius 3 is 2.86 bits per heavy atom. The molecule has 0 aliphatic carbocycles. The Labute approximate surface area is 133 Å². The smallest absolute Gasteiger partial charge is 0.229 e. The van der Waals surface area contributed by atoms with E-state index in [2.05, 4.69) is 28.7 Å². The van der Waals surface area contributed by atoms with Crippen molar-refractivity contribution in [2.45, 2.75) is 33.2 Å². The van der Waals surface area contributed by atoms with Gasteiger partial charge in [-0.05, 0) is 36.6 Å². The van der Waals surface area contributed by atoms with Gasteiger partial charge in [0.05, 0.1) is 17.5 Å². The monoisotopic (exact) mass is 313 g/mol. The molecule has 0 saturated heterocycles. The van der Waals surface area contributed by atoms with Gasteiger partial charge in [0.25, 0.3) is 0 Å². The Kier molecular flexibility index (Phi) is 4.24. The fourth-order valence-electron chi connectivity index (χ4n) is 2.66. The normalized spacial score (nSPS) is 11.0. The minimum absolute atomic E-state index is 0.00689. The third-order valence-corrected chi connectivity index (χ3v) is 4.53. The SMILES string of the molecule is CCc1nc2cc(NC(=O)Cc3cccs3)ccc2n1CC. The maximum Gasteiger partial charge on any atom is 0.229 e. The fourth-order valence-corrected chi connectivity index (χ4v) is 3.36. The zero-order valence-electron chi connectivity index (χ0n) is 12.8. The number of aromatic nitrogens is 2. The van der Waals surface area contributed by atoms with Gasteiger partial charge < -0.3 is 9.88 Å². The molecule has 0 radical (unpaired) electrons. The number of thiophene rings is 1. The zero-order valence-corrected chi connectivity index (χ0v) is 13.6. The molecule has 2 aromatic heterocycles. The van der Waals surface area contributed by atoms with Crippen LogP contribution in [0.3, 0.4) is 0 Å². The Morgan fingerprint density at radius 2 is 2.18 bits per heavy atom. The van der Waals surface area contributed by atoms with Gasteiger partial charge in [0.15, 0.2) is 0 Å². The molecule has 0 aliphatic rings. The van der Waals surface area contributed by atoms with Gasteiger partial charge in [-0.1, -0.05) is 13.0 Å². The van der Waals surface area contributed by atoms with E-state index in [1.54, 1.807) is 11.3 Å². The Bertz CT molecular complexity index is 790. The van der Waals surface area contributed by atoms with Gasteiger partial charge in [0.2, 0.25) is 5.91 Å². The van der Waals surface area contributed by atoms with Crippen LogP contribution in [0.25, 0.3) is 11.0 Å². The molecule has 0 saturated carbocycles. The van der Waals surface area contributed by atoms with Crippen LogP contribution in [0.1, 0.15) is 24.5 Å². The minimum Gasteiger partial charge on any atom is -0.328 e. The largest absolute Gasteiger partial charge is 0.328 e. The standard InChI is InChI=1S/C17H19N3OS/c1-3-16-19-14-10-12(7-8-15(14)20(16)4-2)18-17(21)11-13-6-5-9-22-13/h5-10H,3-4,11H2,1-2H3,(H,18,21). The van der Waals surface area contributed by atoms with Crippen LogP contribution in [0.5, 0.6) is 0 Å². The lowest BCUT2D eigenvalue weighted by Gasteiger charge is -2.06. The van der Waals surface area contributed by atoms with Crippen molar-refractivity contribution >= 4 is 34.0 Å². The van der Waals surface area contributed by atoms with Crippen LogP contribution < -0.4 is 5.32 Å². The fraction of sp³-hybridized carbons (Fsp3) is 0.294. The van der Waals surface area contributed by atoms with E-state index in [1.807, 2.05) is 35.7 Å². The van der Waals surface area contributed by atoms with Crippen LogP contribution in [-0.2, 0) is 24.2 Å². The van der Waals surface area contributed by atoms with Gasteiger partial charge in [-0.15, -0.1) is 11.3 Å². The van der Waals surface area contributed by atoms with Crippen molar-refractivity contribution in [3.05, 3.63) is 46.4 Å². The zero-order chi connectivity index (χ0) is 15.5.